The number of halogens is 4. The smallest absolute Gasteiger partial charge is 0.406 e. The molecule has 10 heteroatoms. The molecule has 1 unspecified atom stereocenters. The molecule has 158 valence electrons. The monoisotopic (exact) mass is 440 g/mol. The standard InChI is InChI=1S/C20H16ClF3N2O4/c21-14-3-5-15(6-4-14)26-11-13(9-18(26)28)19(29)25-10-17(27)12-1-7-16(8-2-12)30-20(22,23)24/h1-8,13H,9-11H2,(H,25,29). The zero-order valence-corrected chi connectivity index (χ0v) is 16.2. The zero-order valence-electron chi connectivity index (χ0n) is 15.4. The molecule has 1 atom stereocenters. The van der Waals surface area contributed by atoms with E-state index in [9.17, 15) is 27.6 Å². The van der Waals surface area contributed by atoms with Crippen molar-refractivity contribution >= 4 is 34.9 Å². The number of hydrogen-bond acceptors (Lipinski definition) is 4. The van der Waals surface area contributed by atoms with Crippen molar-refractivity contribution < 1.29 is 32.3 Å². The molecule has 2 aromatic carbocycles. The Balaban J connectivity index is 1.53. The molecule has 0 saturated carbocycles. The third kappa shape index (κ3) is 5.50. The lowest BCUT2D eigenvalue weighted by molar-refractivity contribution is -0.274. The molecular formula is C20H16ClF3N2O4. The Morgan fingerprint density at radius 2 is 1.73 bits per heavy atom. The Morgan fingerprint density at radius 3 is 2.33 bits per heavy atom. The fraction of sp³-hybridized carbons (Fsp3) is 0.250. The molecule has 0 radical (unpaired) electrons. The molecule has 2 amide bonds. The second-order valence-electron chi connectivity index (χ2n) is 6.59. The number of carbonyl (C=O) groups is 3. The number of rotatable bonds is 6. The predicted octanol–water partition coefficient (Wildman–Crippen LogP) is 3.59. The number of alkyl halides is 3. The minimum Gasteiger partial charge on any atom is -0.406 e. The van der Waals surface area contributed by atoms with Gasteiger partial charge in [-0.1, -0.05) is 11.6 Å². The Labute approximate surface area is 174 Å². The Kier molecular flexibility index (Phi) is 6.31. The van der Waals surface area contributed by atoms with Crippen LogP contribution in [-0.4, -0.2) is 37.0 Å². The summed E-state index contributed by atoms with van der Waals surface area (Å²) in [5.74, 6) is -2.23. The maximum Gasteiger partial charge on any atom is 0.573 e. The van der Waals surface area contributed by atoms with Gasteiger partial charge >= 0.3 is 6.36 Å². The van der Waals surface area contributed by atoms with E-state index in [0.29, 0.717) is 10.7 Å². The van der Waals surface area contributed by atoms with E-state index < -0.39 is 29.7 Å². The maximum atomic E-state index is 12.4. The van der Waals surface area contributed by atoms with E-state index in [1.165, 1.54) is 17.0 Å². The molecule has 1 aliphatic rings. The Morgan fingerprint density at radius 1 is 1.10 bits per heavy atom. The van der Waals surface area contributed by atoms with Crippen molar-refractivity contribution in [1.29, 1.82) is 0 Å². The quantitative estimate of drug-likeness (QED) is 0.696. The third-order valence-electron chi connectivity index (χ3n) is 4.47. The van der Waals surface area contributed by atoms with Gasteiger partial charge in [-0.2, -0.15) is 0 Å². The van der Waals surface area contributed by atoms with Crippen LogP contribution in [0.2, 0.25) is 5.02 Å². The number of nitrogens with one attached hydrogen (secondary N) is 1. The maximum absolute atomic E-state index is 12.4. The largest absolute Gasteiger partial charge is 0.573 e. The van der Waals surface area contributed by atoms with Crippen LogP contribution in [0.4, 0.5) is 18.9 Å². The summed E-state index contributed by atoms with van der Waals surface area (Å²) in [6.45, 7) is -0.173. The summed E-state index contributed by atoms with van der Waals surface area (Å²) < 4.78 is 40.2. The first-order chi connectivity index (χ1) is 14.1. The first kappa shape index (κ1) is 21.6. The minimum atomic E-state index is -4.82. The second-order valence-corrected chi connectivity index (χ2v) is 7.03. The fourth-order valence-corrected chi connectivity index (χ4v) is 3.14. The van der Waals surface area contributed by atoms with Crippen LogP contribution in [0.3, 0.4) is 0 Å². The van der Waals surface area contributed by atoms with Crippen LogP contribution in [-0.2, 0) is 9.59 Å². The predicted molar refractivity (Wildman–Crippen MR) is 102 cm³/mol. The van der Waals surface area contributed by atoms with Gasteiger partial charge in [0, 0.05) is 29.2 Å². The summed E-state index contributed by atoms with van der Waals surface area (Å²) in [5, 5.41) is 3.00. The lowest BCUT2D eigenvalue weighted by atomic mass is 10.1. The molecule has 1 N–H and O–H groups in total. The lowest BCUT2D eigenvalue weighted by Gasteiger charge is -2.16. The summed E-state index contributed by atoms with van der Waals surface area (Å²) in [6.07, 6.45) is -4.82. The van der Waals surface area contributed by atoms with E-state index >= 15 is 0 Å². The number of ketones is 1. The highest BCUT2D eigenvalue weighted by Gasteiger charge is 2.35. The van der Waals surface area contributed by atoms with Gasteiger partial charge < -0.3 is 15.0 Å². The molecule has 0 bridgehead atoms. The highest BCUT2D eigenvalue weighted by molar-refractivity contribution is 6.30. The van der Waals surface area contributed by atoms with Crippen molar-refractivity contribution in [3.8, 4) is 5.75 Å². The van der Waals surface area contributed by atoms with Crippen LogP contribution in [0, 0.1) is 5.92 Å². The van der Waals surface area contributed by atoms with E-state index in [0.717, 1.165) is 12.1 Å². The number of nitrogens with zero attached hydrogens (tertiary/aromatic N) is 1. The normalized spacial score (nSPS) is 16.5. The van der Waals surface area contributed by atoms with E-state index in [2.05, 4.69) is 10.1 Å². The Bertz CT molecular complexity index is 946. The molecule has 1 fully saturated rings. The number of ether oxygens (including phenoxy) is 1. The SMILES string of the molecule is O=C(CNC(=O)C1CC(=O)N(c2ccc(Cl)cc2)C1)c1ccc(OC(F)(F)F)cc1. The molecular weight excluding hydrogens is 425 g/mol. The van der Waals surface area contributed by atoms with Crippen LogP contribution in [0.5, 0.6) is 5.75 Å². The van der Waals surface area contributed by atoms with E-state index in [1.54, 1.807) is 24.3 Å². The summed E-state index contributed by atoms with van der Waals surface area (Å²) in [4.78, 5) is 38.2. The number of hydrogen-bond donors (Lipinski definition) is 1. The fourth-order valence-electron chi connectivity index (χ4n) is 3.01. The first-order valence-electron chi connectivity index (χ1n) is 8.85. The summed E-state index contributed by atoms with van der Waals surface area (Å²) in [7, 11) is 0. The van der Waals surface area contributed by atoms with Crippen LogP contribution >= 0.6 is 11.6 Å². The van der Waals surface area contributed by atoms with E-state index in [-0.39, 0.29) is 31.0 Å². The molecule has 1 heterocycles. The average molecular weight is 441 g/mol. The minimum absolute atomic E-state index is 0.00608. The van der Waals surface area contributed by atoms with Gasteiger partial charge in [0.25, 0.3) is 0 Å². The topological polar surface area (TPSA) is 75.7 Å². The van der Waals surface area contributed by atoms with E-state index in [1.807, 2.05) is 0 Å². The molecule has 6 nitrogen and oxygen atoms in total. The van der Waals surface area contributed by atoms with Crippen LogP contribution in [0.25, 0.3) is 0 Å². The van der Waals surface area contributed by atoms with Crippen molar-refractivity contribution in [2.24, 2.45) is 5.92 Å². The Hall–Kier alpha value is -3.07. The first-order valence-corrected chi connectivity index (χ1v) is 9.23. The molecule has 2 aromatic rings. The lowest BCUT2D eigenvalue weighted by Crippen LogP contribution is -2.36. The summed E-state index contributed by atoms with van der Waals surface area (Å²) in [6, 6.07) is 11.0. The van der Waals surface area contributed by atoms with Gasteiger partial charge in [-0.05, 0) is 48.5 Å². The van der Waals surface area contributed by atoms with Gasteiger partial charge in [0.15, 0.2) is 5.78 Å². The summed E-state index contributed by atoms with van der Waals surface area (Å²) >= 11 is 5.84. The van der Waals surface area contributed by atoms with Crippen LogP contribution < -0.4 is 15.0 Å². The van der Waals surface area contributed by atoms with Gasteiger partial charge in [-0.15, -0.1) is 13.2 Å². The molecule has 0 aliphatic carbocycles. The van der Waals surface area contributed by atoms with Crippen LogP contribution in [0.15, 0.2) is 48.5 Å². The number of anilines is 1. The molecule has 1 aliphatic heterocycles. The second kappa shape index (κ2) is 8.74. The number of carbonyl (C=O) groups excluding carboxylic acids is 3. The van der Waals surface area contributed by atoms with E-state index in [4.69, 9.17) is 11.6 Å². The highest BCUT2D eigenvalue weighted by Crippen LogP contribution is 2.26. The van der Waals surface area contributed by atoms with Crippen molar-refractivity contribution in [2.75, 3.05) is 18.0 Å². The van der Waals surface area contributed by atoms with Crippen molar-refractivity contribution in [1.82, 2.24) is 5.32 Å². The van der Waals surface area contributed by atoms with Gasteiger partial charge in [0.2, 0.25) is 11.8 Å². The van der Waals surface area contributed by atoms with Gasteiger partial charge in [-0.3, -0.25) is 14.4 Å². The number of Topliss-reactive ketones (excluding diaryl/α,β-unsaturated/α-hetero) is 1. The molecule has 3 rings (SSSR count). The third-order valence-corrected chi connectivity index (χ3v) is 4.72. The van der Waals surface area contributed by atoms with Crippen molar-refractivity contribution in [2.45, 2.75) is 12.8 Å². The molecule has 1 saturated heterocycles. The van der Waals surface area contributed by atoms with Gasteiger partial charge in [0.05, 0.1) is 12.5 Å². The zero-order chi connectivity index (χ0) is 21.9. The molecule has 0 spiro atoms. The summed E-state index contributed by atoms with van der Waals surface area (Å²) in [5.41, 5.74) is 0.743. The number of benzene rings is 2. The molecule has 30 heavy (non-hydrogen) atoms. The average Bonchev–Trinajstić information content (AvgIpc) is 3.07. The van der Waals surface area contributed by atoms with Gasteiger partial charge in [0.1, 0.15) is 5.75 Å². The number of amides is 2. The van der Waals surface area contributed by atoms with Gasteiger partial charge in [-0.25, -0.2) is 0 Å². The van der Waals surface area contributed by atoms with Crippen molar-refractivity contribution in [3.63, 3.8) is 0 Å². The van der Waals surface area contributed by atoms with Crippen LogP contribution in [0.1, 0.15) is 16.8 Å². The molecule has 0 aromatic heterocycles. The van der Waals surface area contributed by atoms with Crippen molar-refractivity contribution in [3.05, 3.63) is 59.1 Å². The highest BCUT2D eigenvalue weighted by atomic mass is 35.5.